The highest BCUT2D eigenvalue weighted by atomic mass is 16.3. The molecule has 130 valence electrons. The van der Waals surface area contributed by atoms with E-state index >= 15 is 0 Å². The molecule has 0 atom stereocenters. The SMILES string of the molecule is N#Cc1c(-c2ccccc2)nc(NN=Cc2cccc3occc23)[nH]c1=O. The van der Waals surface area contributed by atoms with Gasteiger partial charge in [-0.15, -0.1) is 0 Å². The first kappa shape index (κ1) is 16.3. The Labute approximate surface area is 153 Å². The first-order chi connectivity index (χ1) is 13.3. The molecule has 2 heterocycles. The molecule has 2 aromatic carbocycles. The van der Waals surface area contributed by atoms with E-state index in [4.69, 9.17) is 4.42 Å². The fraction of sp³-hybridized carbons (Fsp3) is 0. The maximum absolute atomic E-state index is 12.2. The number of rotatable bonds is 4. The number of furan rings is 1. The first-order valence-electron chi connectivity index (χ1n) is 8.11. The monoisotopic (exact) mass is 355 g/mol. The minimum Gasteiger partial charge on any atom is -0.464 e. The van der Waals surface area contributed by atoms with E-state index in [0.29, 0.717) is 11.3 Å². The Morgan fingerprint density at radius 1 is 1.15 bits per heavy atom. The summed E-state index contributed by atoms with van der Waals surface area (Å²) in [4.78, 5) is 19.1. The molecule has 7 heteroatoms. The molecule has 0 saturated carbocycles. The number of hydrogen-bond acceptors (Lipinski definition) is 6. The Morgan fingerprint density at radius 2 is 2.00 bits per heavy atom. The number of nitrogens with zero attached hydrogens (tertiary/aromatic N) is 3. The summed E-state index contributed by atoms with van der Waals surface area (Å²) in [5, 5.41) is 14.4. The second-order valence-electron chi connectivity index (χ2n) is 5.67. The van der Waals surface area contributed by atoms with Gasteiger partial charge in [-0.05, 0) is 12.1 Å². The van der Waals surface area contributed by atoms with Gasteiger partial charge in [-0.25, -0.2) is 10.4 Å². The van der Waals surface area contributed by atoms with Gasteiger partial charge in [-0.3, -0.25) is 9.78 Å². The largest absolute Gasteiger partial charge is 0.464 e. The van der Waals surface area contributed by atoms with Crippen molar-refractivity contribution >= 4 is 23.1 Å². The smallest absolute Gasteiger partial charge is 0.270 e. The predicted molar refractivity (Wildman–Crippen MR) is 102 cm³/mol. The molecule has 0 aliphatic carbocycles. The van der Waals surface area contributed by atoms with Crippen LogP contribution in [0.4, 0.5) is 5.95 Å². The van der Waals surface area contributed by atoms with E-state index in [2.05, 4.69) is 20.5 Å². The second kappa shape index (κ2) is 6.98. The summed E-state index contributed by atoms with van der Waals surface area (Å²) in [7, 11) is 0. The molecule has 2 N–H and O–H groups in total. The maximum Gasteiger partial charge on any atom is 0.270 e. The molecule has 0 aliphatic rings. The molecule has 27 heavy (non-hydrogen) atoms. The van der Waals surface area contributed by atoms with Crippen LogP contribution in [0.1, 0.15) is 11.1 Å². The molecule has 0 aliphatic heterocycles. The van der Waals surface area contributed by atoms with Crippen LogP contribution in [-0.2, 0) is 0 Å². The Balaban J connectivity index is 1.67. The summed E-state index contributed by atoms with van der Waals surface area (Å²) in [5.41, 5.74) is 4.74. The summed E-state index contributed by atoms with van der Waals surface area (Å²) in [6, 6.07) is 18.4. The lowest BCUT2D eigenvalue weighted by molar-refractivity contribution is 0.616. The minimum atomic E-state index is -0.527. The third-order valence-corrected chi connectivity index (χ3v) is 3.98. The van der Waals surface area contributed by atoms with Crippen LogP contribution in [0.5, 0.6) is 0 Å². The van der Waals surface area contributed by atoms with Crippen molar-refractivity contribution in [2.24, 2.45) is 5.10 Å². The number of benzene rings is 2. The van der Waals surface area contributed by atoms with Gasteiger partial charge in [0, 0.05) is 16.5 Å². The molecule has 0 radical (unpaired) electrons. The van der Waals surface area contributed by atoms with Crippen molar-refractivity contribution < 1.29 is 4.42 Å². The Kier molecular flexibility index (Phi) is 4.21. The van der Waals surface area contributed by atoms with E-state index < -0.39 is 5.56 Å². The molecule has 0 unspecified atom stereocenters. The van der Waals surface area contributed by atoms with Crippen LogP contribution < -0.4 is 11.0 Å². The van der Waals surface area contributed by atoms with Crippen molar-refractivity contribution in [3.63, 3.8) is 0 Å². The summed E-state index contributed by atoms with van der Waals surface area (Å²) in [6.07, 6.45) is 3.22. The molecule has 0 spiro atoms. The summed E-state index contributed by atoms with van der Waals surface area (Å²) < 4.78 is 5.36. The minimum absolute atomic E-state index is 0.0427. The van der Waals surface area contributed by atoms with Crippen LogP contribution in [0.25, 0.3) is 22.2 Å². The Bertz CT molecular complexity index is 1230. The van der Waals surface area contributed by atoms with Crippen LogP contribution in [0.3, 0.4) is 0 Å². The number of nitrogens with one attached hydrogen (secondary N) is 2. The number of aromatic amines is 1. The van der Waals surface area contributed by atoms with Gasteiger partial charge in [0.05, 0.1) is 18.2 Å². The molecule has 4 aromatic rings. The fourth-order valence-corrected chi connectivity index (χ4v) is 2.73. The van der Waals surface area contributed by atoms with E-state index in [-0.39, 0.29) is 11.5 Å². The lowest BCUT2D eigenvalue weighted by atomic mass is 10.1. The standard InChI is InChI=1S/C20H13N5O2/c21-11-16-18(13-5-2-1-3-6-13)23-20(24-19(16)26)25-22-12-14-7-4-8-17-15(14)9-10-27-17/h1-10,12H,(H2,23,24,25,26). The third-order valence-electron chi connectivity index (χ3n) is 3.98. The van der Waals surface area contributed by atoms with Crippen LogP contribution >= 0.6 is 0 Å². The molecular formula is C20H13N5O2. The molecule has 7 nitrogen and oxygen atoms in total. The van der Waals surface area contributed by atoms with Crippen LogP contribution in [0, 0.1) is 11.3 Å². The van der Waals surface area contributed by atoms with Crippen LogP contribution in [0.15, 0.2) is 75.2 Å². The molecule has 0 saturated heterocycles. The topological polar surface area (TPSA) is 107 Å². The van der Waals surface area contributed by atoms with E-state index in [1.165, 1.54) is 0 Å². The summed E-state index contributed by atoms with van der Waals surface area (Å²) in [5.74, 6) is 0.147. The highest BCUT2D eigenvalue weighted by Gasteiger charge is 2.12. The quantitative estimate of drug-likeness (QED) is 0.430. The highest BCUT2D eigenvalue weighted by Crippen LogP contribution is 2.20. The number of anilines is 1. The zero-order chi connectivity index (χ0) is 18.6. The molecule has 0 fully saturated rings. The van der Waals surface area contributed by atoms with Gasteiger partial charge >= 0.3 is 0 Å². The van der Waals surface area contributed by atoms with Crippen LogP contribution in [-0.4, -0.2) is 16.2 Å². The van der Waals surface area contributed by atoms with Crippen molar-refractivity contribution in [2.45, 2.75) is 0 Å². The van der Waals surface area contributed by atoms with Gasteiger partial charge in [-0.1, -0.05) is 42.5 Å². The third kappa shape index (κ3) is 3.19. The number of hydrogen-bond donors (Lipinski definition) is 2. The average Bonchev–Trinajstić information content (AvgIpc) is 3.18. The number of hydrazone groups is 1. The zero-order valence-electron chi connectivity index (χ0n) is 14.0. The zero-order valence-corrected chi connectivity index (χ0v) is 14.0. The van der Waals surface area contributed by atoms with E-state index in [1.807, 2.05) is 48.5 Å². The molecule has 0 amide bonds. The lowest BCUT2D eigenvalue weighted by Gasteiger charge is -2.06. The normalized spacial score (nSPS) is 10.9. The average molecular weight is 355 g/mol. The van der Waals surface area contributed by atoms with E-state index in [1.54, 1.807) is 24.6 Å². The van der Waals surface area contributed by atoms with Gasteiger partial charge in [0.15, 0.2) is 0 Å². The molecule has 2 aromatic heterocycles. The number of fused-ring (bicyclic) bond motifs is 1. The van der Waals surface area contributed by atoms with Gasteiger partial charge in [-0.2, -0.15) is 10.4 Å². The predicted octanol–water partition coefficient (Wildman–Crippen LogP) is 3.50. The van der Waals surface area contributed by atoms with Gasteiger partial charge < -0.3 is 4.42 Å². The maximum atomic E-state index is 12.2. The lowest BCUT2D eigenvalue weighted by Crippen LogP contribution is -2.16. The van der Waals surface area contributed by atoms with Crippen molar-refractivity contribution in [3.8, 4) is 17.3 Å². The summed E-state index contributed by atoms with van der Waals surface area (Å²) in [6.45, 7) is 0. The number of nitriles is 1. The van der Waals surface area contributed by atoms with Crippen molar-refractivity contribution in [3.05, 3.63) is 82.3 Å². The first-order valence-corrected chi connectivity index (χ1v) is 8.11. The van der Waals surface area contributed by atoms with Gasteiger partial charge in [0.25, 0.3) is 5.56 Å². The fourth-order valence-electron chi connectivity index (χ4n) is 2.73. The Hall–Kier alpha value is -4.18. The molecular weight excluding hydrogens is 342 g/mol. The van der Waals surface area contributed by atoms with Crippen molar-refractivity contribution in [1.29, 1.82) is 5.26 Å². The molecule has 0 bridgehead atoms. The number of H-pyrrole nitrogens is 1. The van der Waals surface area contributed by atoms with E-state index in [0.717, 1.165) is 16.5 Å². The van der Waals surface area contributed by atoms with E-state index in [9.17, 15) is 10.1 Å². The Morgan fingerprint density at radius 3 is 2.81 bits per heavy atom. The van der Waals surface area contributed by atoms with Gasteiger partial charge in [0.2, 0.25) is 5.95 Å². The molecule has 4 rings (SSSR count). The van der Waals surface area contributed by atoms with Gasteiger partial charge in [0.1, 0.15) is 17.2 Å². The van der Waals surface area contributed by atoms with Crippen LogP contribution in [0.2, 0.25) is 0 Å². The second-order valence-corrected chi connectivity index (χ2v) is 5.67. The summed E-state index contributed by atoms with van der Waals surface area (Å²) >= 11 is 0. The highest BCUT2D eigenvalue weighted by molar-refractivity contribution is 5.97. The number of aromatic nitrogens is 2. The van der Waals surface area contributed by atoms with Crippen molar-refractivity contribution in [2.75, 3.05) is 5.43 Å². The van der Waals surface area contributed by atoms with Crippen molar-refractivity contribution in [1.82, 2.24) is 9.97 Å².